The molecule has 0 fully saturated rings. The van der Waals surface area contributed by atoms with Crippen molar-refractivity contribution >= 4 is 22.4 Å². The number of carbonyl (C=O) groups is 1. The summed E-state index contributed by atoms with van der Waals surface area (Å²) >= 11 is 1.49. The van der Waals surface area contributed by atoms with Gasteiger partial charge >= 0.3 is 0 Å². The number of amides is 1. The number of hydrogen-bond donors (Lipinski definition) is 1. The minimum absolute atomic E-state index is 0.124. The van der Waals surface area contributed by atoms with E-state index in [9.17, 15) is 4.79 Å². The van der Waals surface area contributed by atoms with Gasteiger partial charge in [0, 0.05) is 17.5 Å². The van der Waals surface area contributed by atoms with Gasteiger partial charge < -0.3 is 14.8 Å². The summed E-state index contributed by atoms with van der Waals surface area (Å²) in [4.78, 5) is 17.5. The van der Waals surface area contributed by atoms with Gasteiger partial charge in [-0.15, -0.1) is 11.3 Å². The Kier molecular flexibility index (Phi) is 6.44. The number of anilines is 1. The number of nitrogens with one attached hydrogen (secondary N) is 1. The predicted octanol–water partition coefficient (Wildman–Crippen LogP) is 4.46. The fourth-order valence-corrected chi connectivity index (χ4v) is 3.51. The van der Waals surface area contributed by atoms with Crippen LogP contribution < -0.4 is 14.8 Å². The molecular weight excluding hydrogens is 360 g/mol. The number of rotatable bonds is 8. The van der Waals surface area contributed by atoms with Crippen LogP contribution in [0.4, 0.5) is 5.13 Å². The topological polar surface area (TPSA) is 60.5 Å². The van der Waals surface area contributed by atoms with Gasteiger partial charge in [0.15, 0.2) is 16.6 Å². The average Bonchev–Trinajstić information content (AvgIpc) is 3.08. The molecule has 0 spiro atoms. The normalized spacial score (nSPS) is 10.4. The lowest BCUT2D eigenvalue weighted by Crippen LogP contribution is -2.15. The zero-order chi connectivity index (χ0) is 19.1. The summed E-state index contributed by atoms with van der Waals surface area (Å²) in [7, 11) is 1.59. The van der Waals surface area contributed by atoms with Crippen molar-refractivity contribution in [1.29, 1.82) is 0 Å². The number of ether oxygens (including phenoxy) is 2. The van der Waals surface area contributed by atoms with Crippen molar-refractivity contribution < 1.29 is 14.3 Å². The first-order valence-electron chi connectivity index (χ1n) is 8.70. The lowest BCUT2D eigenvalue weighted by Gasteiger charge is -2.09. The van der Waals surface area contributed by atoms with Crippen LogP contribution in [-0.4, -0.2) is 24.6 Å². The van der Waals surface area contributed by atoms with Crippen LogP contribution in [0.5, 0.6) is 11.5 Å². The third kappa shape index (κ3) is 5.56. The lowest BCUT2D eigenvalue weighted by atomic mass is 10.1. The SMILES string of the molecule is COc1ccccc1OCCC(=O)Nc1ncc(Cc2cccc(C)c2)s1. The Bertz CT molecular complexity index is 908. The van der Waals surface area contributed by atoms with E-state index < -0.39 is 0 Å². The van der Waals surface area contributed by atoms with Crippen molar-refractivity contribution in [2.45, 2.75) is 19.8 Å². The quantitative estimate of drug-likeness (QED) is 0.625. The number of carbonyl (C=O) groups excluding carboxylic acids is 1. The number of aromatic nitrogens is 1. The fraction of sp³-hybridized carbons (Fsp3) is 0.238. The molecular formula is C21H22N2O3S. The van der Waals surface area contributed by atoms with E-state index in [4.69, 9.17) is 9.47 Å². The number of nitrogens with zero attached hydrogens (tertiary/aromatic N) is 1. The number of para-hydroxylation sites is 2. The molecule has 1 heterocycles. The van der Waals surface area contributed by atoms with E-state index in [1.807, 2.05) is 30.5 Å². The first kappa shape index (κ1) is 18.9. The van der Waals surface area contributed by atoms with Gasteiger partial charge in [0.05, 0.1) is 20.1 Å². The van der Waals surface area contributed by atoms with Crippen LogP contribution in [0, 0.1) is 6.92 Å². The second-order valence-electron chi connectivity index (χ2n) is 6.10. The second kappa shape index (κ2) is 9.19. The molecule has 5 nitrogen and oxygen atoms in total. The molecule has 0 bridgehead atoms. The van der Waals surface area contributed by atoms with Crippen LogP contribution in [0.2, 0.25) is 0 Å². The van der Waals surface area contributed by atoms with Crippen molar-refractivity contribution in [3.63, 3.8) is 0 Å². The van der Waals surface area contributed by atoms with Gasteiger partial charge in [-0.05, 0) is 24.6 Å². The smallest absolute Gasteiger partial charge is 0.229 e. The second-order valence-corrected chi connectivity index (χ2v) is 7.21. The first-order chi connectivity index (χ1) is 13.1. The zero-order valence-corrected chi connectivity index (χ0v) is 16.2. The summed E-state index contributed by atoms with van der Waals surface area (Å²) < 4.78 is 10.9. The van der Waals surface area contributed by atoms with Gasteiger partial charge in [-0.25, -0.2) is 4.98 Å². The Balaban J connectivity index is 1.48. The van der Waals surface area contributed by atoms with Gasteiger partial charge in [-0.3, -0.25) is 4.79 Å². The summed E-state index contributed by atoms with van der Waals surface area (Å²) in [5.41, 5.74) is 2.47. The van der Waals surface area contributed by atoms with E-state index in [1.165, 1.54) is 22.5 Å². The van der Waals surface area contributed by atoms with Crippen molar-refractivity contribution in [1.82, 2.24) is 4.98 Å². The van der Waals surface area contributed by atoms with Crippen molar-refractivity contribution in [2.75, 3.05) is 19.0 Å². The van der Waals surface area contributed by atoms with E-state index >= 15 is 0 Å². The summed E-state index contributed by atoms with van der Waals surface area (Å²) in [6, 6.07) is 15.8. The molecule has 0 aliphatic carbocycles. The van der Waals surface area contributed by atoms with Crippen molar-refractivity contribution in [3.05, 3.63) is 70.7 Å². The Morgan fingerprint density at radius 2 is 1.96 bits per heavy atom. The van der Waals surface area contributed by atoms with E-state index in [0.717, 1.165) is 11.3 Å². The molecule has 1 N–H and O–H groups in total. The standard InChI is InChI=1S/C21H22N2O3S/c1-15-6-5-7-16(12-15)13-17-14-22-21(27-17)23-20(24)10-11-26-19-9-4-3-8-18(19)25-2/h3-9,12,14H,10-11,13H2,1-2H3,(H,22,23,24). The zero-order valence-electron chi connectivity index (χ0n) is 15.4. The molecule has 27 heavy (non-hydrogen) atoms. The maximum Gasteiger partial charge on any atom is 0.229 e. The molecule has 140 valence electrons. The molecule has 0 saturated carbocycles. The highest BCUT2D eigenvalue weighted by Gasteiger charge is 2.09. The maximum absolute atomic E-state index is 12.1. The molecule has 0 saturated heterocycles. The number of aryl methyl sites for hydroxylation is 1. The molecule has 1 amide bonds. The van der Waals surface area contributed by atoms with Gasteiger partial charge in [0.25, 0.3) is 0 Å². The van der Waals surface area contributed by atoms with E-state index in [2.05, 4.69) is 41.5 Å². The largest absolute Gasteiger partial charge is 0.493 e. The van der Waals surface area contributed by atoms with Crippen LogP contribution in [-0.2, 0) is 11.2 Å². The summed E-state index contributed by atoms with van der Waals surface area (Å²) in [5, 5.41) is 3.44. The lowest BCUT2D eigenvalue weighted by molar-refractivity contribution is -0.116. The Morgan fingerprint density at radius 3 is 2.74 bits per heavy atom. The monoisotopic (exact) mass is 382 g/mol. The molecule has 0 atom stereocenters. The van der Waals surface area contributed by atoms with E-state index in [1.54, 1.807) is 7.11 Å². The first-order valence-corrected chi connectivity index (χ1v) is 9.51. The van der Waals surface area contributed by atoms with Crippen LogP contribution in [0.15, 0.2) is 54.7 Å². The highest BCUT2D eigenvalue weighted by Crippen LogP contribution is 2.26. The highest BCUT2D eigenvalue weighted by atomic mass is 32.1. The van der Waals surface area contributed by atoms with Crippen LogP contribution in [0.1, 0.15) is 22.4 Å². The van der Waals surface area contributed by atoms with Crippen LogP contribution in [0.3, 0.4) is 0 Å². The molecule has 0 radical (unpaired) electrons. The Morgan fingerprint density at radius 1 is 1.15 bits per heavy atom. The maximum atomic E-state index is 12.1. The minimum atomic E-state index is -0.124. The number of methoxy groups -OCH3 is 1. The van der Waals surface area contributed by atoms with Gasteiger partial charge in [0.1, 0.15) is 0 Å². The summed E-state index contributed by atoms with van der Waals surface area (Å²) in [6.45, 7) is 2.35. The molecule has 1 aromatic heterocycles. The van der Waals surface area contributed by atoms with E-state index in [0.29, 0.717) is 16.6 Å². The van der Waals surface area contributed by atoms with Gasteiger partial charge in [-0.2, -0.15) is 0 Å². The molecule has 6 heteroatoms. The molecule has 0 unspecified atom stereocenters. The molecule has 0 aliphatic heterocycles. The number of benzene rings is 2. The molecule has 2 aromatic carbocycles. The third-order valence-electron chi connectivity index (χ3n) is 3.92. The summed E-state index contributed by atoms with van der Waals surface area (Å²) in [5.74, 6) is 1.16. The fourth-order valence-electron chi connectivity index (χ4n) is 2.64. The minimum Gasteiger partial charge on any atom is -0.493 e. The van der Waals surface area contributed by atoms with Crippen molar-refractivity contribution in [2.24, 2.45) is 0 Å². The Labute approximate surface area is 163 Å². The number of hydrogen-bond acceptors (Lipinski definition) is 5. The summed E-state index contributed by atoms with van der Waals surface area (Å²) in [6.07, 6.45) is 2.87. The van der Waals surface area contributed by atoms with Crippen molar-refractivity contribution in [3.8, 4) is 11.5 Å². The number of thiazole rings is 1. The van der Waals surface area contributed by atoms with Gasteiger partial charge in [0.2, 0.25) is 5.91 Å². The predicted molar refractivity (Wildman–Crippen MR) is 108 cm³/mol. The molecule has 0 aliphatic rings. The van der Waals surface area contributed by atoms with E-state index in [-0.39, 0.29) is 18.9 Å². The molecule has 3 rings (SSSR count). The third-order valence-corrected chi connectivity index (χ3v) is 4.83. The highest BCUT2D eigenvalue weighted by molar-refractivity contribution is 7.15. The molecule has 3 aromatic rings. The Hall–Kier alpha value is -2.86. The van der Waals surface area contributed by atoms with Gasteiger partial charge in [-0.1, -0.05) is 42.0 Å². The van der Waals surface area contributed by atoms with Crippen LogP contribution >= 0.6 is 11.3 Å². The van der Waals surface area contributed by atoms with Crippen LogP contribution in [0.25, 0.3) is 0 Å². The average molecular weight is 382 g/mol.